The lowest BCUT2D eigenvalue weighted by atomic mass is 10.0. The molecule has 92 valence electrons. The van der Waals surface area contributed by atoms with Crippen LogP contribution in [0.2, 0.25) is 0 Å². The Balaban J connectivity index is 2.95. The maximum atomic E-state index is 10.8. The van der Waals surface area contributed by atoms with Crippen LogP contribution in [-0.4, -0.2) is 17.2 Å². The van der Waals surface area contributed by atoms with E-state index in [0.717, 1.165) is 16.9 Å². The normalized spacial score (nSPS) is 12.3. The first-order valence-corrected chi connectivity index (χ1v) is 5.59. The van der Waals surface area contributed by atoms with E-state index in [9.17, 15) is 4.79 Å². The lowest BCUT2D eigenvalue weighted by Gasteiger charge is -2.10. The SMILES string of the molecule is CC(C(=O)O)=C(C)c1ccc(OC(C)C)cc1. The van der Waals surface area contributed by atoms with Crippen LogP contribution in [0.4, 0.5) is 0 Å². The van der Waals surface area contributed by atoms with E-state index >= 15 is 0 Å². The first-order chi connectivity index (χ1) is 7.91. The van der Waals surface area contributed by atoms with Gasteiger partial charge in [0, 0.05) is 5.57 Å². The molecule has 1 rings (SSSR count). The number of allylic oxidation sites excluding steroid dienone is 1. The average Bonchev–Trinajstić information content (AvgIpc) is 2.27. The Morgan fingerprint density at radius 3 is 2.12 bits per heavy atom. The van der Waals surface area contributed by atoms with Crippen molar-refractivity contribution in [3.63, 3.8) is 0 Å². The van der Waals surface area contributed by atoms with Crippen LogP contribution in [0.1, 0.15) is 33.3 Å². The van der Waals surface area contributed by atoms with Gasteiger partial charge in [-0.15, -0.1) is 0 Å². The van der Waals surface area contributed by atoms with E-state index in [1.165, 1.54) is 0 Å². The summed E-state index contributed by atoms with van der Waals surface area (Å²) in [4.78, 5) is 10.8. The van der Waals surface area contributed by atoms with Gasteiger partial charge in [-0.05, 0) is 51.0 Å². The molecule has 0 aliphatic rings. The van der Waals surface area contributed by atoms with Crippen molar-refractivity contribution in [1.29, 1.82) is 0 Å². The van der Waals surface area contributed by atoms with Crippen molar-refractivity contribution in [2.75, 3.05) is 0 Å². The summed E-state index contributed by atoms with van der Waals surface area (Å²) in [5, 5.41) is 8.90. The minimum Gasteiger partial charge on any atom is -0.491 e. The van der Waals surface area contributed by atoms with Crippen LogP contribution < -0.4 is 4.74 Å². The van der Waals surface area contributed by atoms with Crippen molar-refractivity contribution < 1.29 is 14.6 Å². The standard InChI is InChI=1S/C14H18O3/c1-9(2)17-13-7-5-12(6-8-13)10(3)11(4)14(15)16/h5-9H,1-4H3,(H,15,16). The summed E-state index contributed by atoms with van der Waals surface area (Å²) >= 11 is 0. The monoisotopic (exact) mass is 234 g/mol. The number of hydrogen-bond donors (Lipinski definition) is 1. The van der Waals surface area contributed by atoms with Gasteiger partial charge >= 0.3 is 5.97 Å². The zero-order chi connectivity index (χ0) is 13.0. The van der Waals surface area contributed by atoms with Gasteiger partial charge in [-0.3, -0.25) is 0 Å². The van der Waals surface area contributed by atoms with Gasteiger partial charge in [0.2, 0.25) is 0 Å². The molecule has 0 aliphatic carbocycles. The second-order valence-corrected chi connectivity index (χ2v) is 4.25. The molecule has 0 heterocycles. The highest BCUT2D eigenvalue weighted by Crippen LogP contribution is 2.21. The molecule has 1 aromatic rings. The van der Waals surface area contributed by atoms with Gasteiger partial charge in [0.05, 0.1) is 6.10 Å². The summed E-state index contributed by atoms with van der Waals surface area (Å²) in [5.74, 6) is -0.0884. The van der Waals surface area contributed by atoms with E-state index in [4.69, 9.17) is 9.84 Å². The highest BCUT2D eigenvalue weighted by Gasteiger charge is 2.07. The minimum absolute atomic E-state index is 0.137. The number of ether oxygens (including phenoxy) is 1. The van der Waals surface area contributed by atoms with Crippen LogP contribution in [0.3, 0.4) is 0 Å². The van der Waals surface area contributed by atoms with E-state index in [1.54, 1.807) is 6.92 Å². The predicted molar refractivity (Wildman–Crippen MR) is 68.1 cm³/mol. The Morgan fingerprint density at radius 2 is 1.71 bits per heavy atom. The Morgan fingerprint density at radius 1 is 1.18 bits per heavy atom. The van der Waals surface area contributed by atoms with E-state index < -0.39 is 5.97 Å². The molecule has 0 amide bonds. The first kappa shape index (κ1) is 13.3. The molecule has 0 atom stereocenters. The van der Waals surface area contributed by atoms with Gasteiger partial charge in [0.1, 0.15) is 5.75 Å². The molecule has 0 saturated heterocycles. The van der Waals surface area contributed by atoms with E-state index in [0.29, 0.717) is 5.57 Å². The molecule has 1 N–H and O–H groups in total. The average molecular weight is 234 g/mol. The van der Waals surface area contributed by atoms with Crippen molar-refractivity contribution in [1.82, 2.24) is 0 Å². The third-order valence-electron chi connectivity index (χ3n) is 2.54. The molecule has 3 heteroatoms. The van der Waals surface area contributed by atoms with Gasteiger partial charge in [0.15, 0.2) is 0 Å². The molecule has 1 aromatic carbocycles. The summed E-state index contributed by atoms with van der Waals surface area (Å²) in [6.45, 7) is 7.35. The second-order valence-electron chi connectivity index (χ2n) is 4.25. The fraction of sp³-hybridized carbons (Fsp3) is 0.357. The highest BCUT2D eigenvalue weighted by atomic mass is 16.5. The molecule has 0 radical (unpaired) electrons. The van der Waals surface area contributed by atoms with Gasteiger partial charge in [-0.25, -0.2) is 4.79 Å². The molecule has 0 saturated carbocycles. The fourth-order valence-electron chi connectivity index (χ4n) is 1.43. The smallest absolute Gasteiger partial charge is 0.331 e. The highest BCUT2D eigenvalue weighted by molar-refractivity contribution is 5.95. The lowest BCUT2D eigenvalue weighted by molar-refractivity contribution is -0.132. The van der Waals surface area contributed by atoms with Crippen LogP contribution in [0, 0.1) is 0 Å². The van der Waals surface area contributed by atoms with Crippen LogP contribution in [0.5, 0.6) is 5.75 Å². The number of carboxylic acid groups (broad SMARTS) is 1. The maximum absolute atomic E-state index is 10.8. The van der Waals surface area contributed by atoms with Crippen LogP contribution in [0.15, 0.2) is 29.8 Å². The van der Waals surface area contributed by atoms with Crippen molar-refractivity contribution in [2.24, 2.45) is 0 Å². The Kier molecular flexibility index (Phi) is 4.32. The Labute approximate surface area is 102 Å². The number of benzene rings is 1. The Bertz CT molecular complexity index is 427. The number of aliphatic carboxylic acids is 1. The molecule has 0 bridgehead atoms. The summed E-state index contributed by atoms with van der Waals surface area (Å²) in [7, 11) is 0. The number of rotatable bonds is 4. The van der Waals surface area contributed by atoms with E-state index in [-0.39, 0.29) is 6.10 Å². The van der Waals surface area contributed by atoms with Crippen molar-refractivity contribution in [3.05, 3.63) is 35.4 Å². The molecule has 0 aliphatic heterocycles. The number of hydrogen-bond acceptors (Lipinski definition) is 2. The zero-order valence-electron chi connectivity index (χ0n) is 10.7. The van der Waals surface area contributed by atoms with E-state index in [1.807, 2.05) is 45.0 Å². The first-order valence-electron chi connectivity index (χ1n) is 5.59. The molecule has 17 heavy (non-hydrogen) atoms. The van der Waals surface area contributed by atoms with Crippen molar-refractivity contribution in [3.8, 4) is 5.75 Å². The predicted octanol–water partition coefficient (Wildman–Crippen LogP) is 3.35. The maximum Gasteiger partial charge on any atom is 0.331 e. The number of carbonyl (C=O) groups is 1. The molecule has 0 spiro atoms. The van der Waals surface area contributed by atoms with Gasteiger partial charge in [-0.1, -0.05) is 12.1 Å². The number of carboxylic acids is 1. The fourth-order valence-corrected chi connectivity index (χ4v) is 1.43. The van der Waals surface area contributed by atoms with Gasteiger partial charge in [0.25, 0.3) is 0 Å². The van der Waals surface area contributed by atoms with Crippen LogP contribution >= 0.6 is 0 Å². The molecular formula is C14H18O3. The summed E-state index contributed by atoms with van der Waals surface area (Å²) in [5.41, 5.74) is 2.04. The van der Waals surface area contributed by atoms with Crippen LogP contribution in [0.25, 0.3) is 5.57 Å². The van der Waals surface area contributed by atoms with E-state index in [2.05, 4.69) is 0 Å². The lowest BCUT2D eigenvalue weighted by Crippen LogP contribution is -2.05. The van der Waals surface area contributed by atoms with Gasteiger partial charge in [-0.2, -0.15) is 0 Å². The van der Waals surface area contributed by atoms with Crippen molar-refractivity contribution >= 4 is 11.5 Å². The third-order valence-corrected chi connectivity index (χ3v) is 2.54. The molecule has 0 aromatic heterocycles. The van der Waals surface area contributed by atoms with Crippen molar-refractivity contribution in [2.45, 2.75) is 33.8 Å². The summed E-state index contributed by atoms with van der Waals surface area (Å²) in [6.07, 6.45) is 0.137. The second kappa shape index (κ2) is 5.53. The van der Waals surface area contributed by atoms with Gasteiger partial charge < -0.3 is 9.84 Å². The molecular weight excluding hydrogens is 216 g/mol. The Hall–Kier alpha value is -1.77. The molecule has 0 unspecified atom stereocenters. The minimum atomic E-state index is -0.884. The quantitative estimate of drug-likeness (QED) is 0.812. The van der Waals surface area contributed by atoms with Crippen LogP contribution in [-0.2, 0) is 4.79 Å². The summed E-state index contributed by atoms with van der Waals surface area (Å²) in [6, 6.07) is 7.46. The zero-order valence-corrected chi connectivity index (χ0v) is 10.7. The molecule has 0 fully saturated rings. The summed E-state index contributed by atoms with van der Waals surface area (Å²) < 4.78 is 5.52. The topological polar surface area (TPSA) is 46.5 Å². The molecule has 3 nitrogen and oxygen atoms in total. The third kappa shape index (κ3) is 3.63. The largest absolute Gasteiger partial charge is 0.491 e.